The molecular formula is C24H28F2N2O3. The summed E-state index contributed by atoms with van der Waals surface area (Å²) < 4.78 is 27.4. The average Bonchev–Trinajstić information content (AvgIpc) is 3.11. The van der Waals surface area contributed by atoms with E-state index >= 15 is 0 Å². The minimum atomic E-state index is -0.961. The number of nitrogens with one attached hydrogen (secondary N) is 2. The van der Waals surface area contributed by atoms with E-state index in [0.29, 0.717) is 16.7 Å². The molecule has 1 saturated heterocycles. The SMILES string of the molecule is CC(=O)c1cc(C)cc(C(=O)N[C@@H](Cc2cc(F)cc(F)c2)[C@H](O)[C@H]2CCC(C)N2)c1. The fourth-order valence-electron chi connectivity index (χ4n) is 4.12. The number of halogens is 2. The Morgan fingerprint density at radius 1 is 1.10 bits per heavy atom. The monoisotopic (exact) mass is 430 g/mol. The van der Waals surface area contributed by atoms with Gasteiger partial charge < -0.3 is 15.7 Å². The molecule has 0 saturated carbocycles. The van der Waals surface area contributed by atoms with Gasteiger partial charge in [-0.3, -0.25) is 9.59 Å². The normalized spacial score (nSPS) is 20.3. The third kappa shape index (κ3) is 5.95. The predicted molar refractivity (Wildman–Crippen MR) is 114 cm³/mol. The van der Waals surface area contributed by atoms with Gasteiger partial charge in [-0.15, -0.1) is 0 Å². The van der Waals surface area contributed by atoms with E-state index in [1.54, 1.807) is 19.1 Å². The third-order valence-corrected chi connectivity index (χ3v) is 5.67. The van der Waals surface area contributed by atoms with Crippen LogP contribution in [0.2, 0.25) is 0 Å². The number of aryl methyl sites for hydroxylation is 1. The standard InChI is InChI=1S/C24H28F2N2O3/c1-13-6-17(15(3)29)11-18(7-13)24(31)28-22(23(30)21-5-4-14(2)27-21)10-16-8-19(25)12-20(26)9-16/h6-9,11-12,14,21-23,27,30H,4-5,10H2,1-3H3,(H,28,31)/t14?,21-,22+,23-/m1/s1. The lowest BCUT2D eigenvalue weighted by atomic mass is 9.94. The molecule has 5 nitrogen and oxygen atoms in total. The molecule has 0 radical (unpaired) electrons. The Kier molecular flexibility index (Phi) is 7.18. The lowest BCUT2D eigenvalue weighted by molar-refractivity contribution is 0.0732. The van der Waals surface area contributed by atoms with E-state index in [-0.39, 0.29) is 24.3 Å². The fourth-order valence-corrected chi connectivity index (χ4v) is 4.12. The van der Waals surface area contributed by atoms with E-state index in [1.807, 2.05) is 6.92 Å². The number of hydrogen-bond acceptors (Lipinski definition) is 4. The zero-order valence-corrected chi connectivity index (χ0v) is 17.9. The van der Waals surface area contributed by atoms with Gasteiger partial charge in [-0.2, -0.15) is 0 Å². The molecule has 3 N–H and O–H groups in total. The number of carbonyl (C=O) groups excluding carboxylic acids is 2. The molecule has 1 fully saturated rings. The van der Waals surface area contributed by atoms with Crippen LogP contribution in [-0.4, -0.2) is 41.0 Å². The van der Waals surface area contributed by atoms with E-state index in [9.17, 15) is 23.5 Å². The Morgan fingerprint density at radius 3 is 2.32 bits per heavy atom. The van der Waals surface area contributed by atoms with Gasteiger partial charge in [0.15, 0.2) is 5.78 Å². The molecule has 3 rings (SSSR count). The van der Waals surface area contributed by atoms with Gasteiger partial charge in [0.1, 0.15) is 11.6 Å². The van der Waals surface area contributed by atoms with Gasteiger partial charge in [0, 0.05) is 29.3 Å². The van der Waals surface area contributed by atoms with Crippen LogP contribution >= 0.6 is 0 Å². The second-order valence-electron chi connectivity index (χ2n) is 8.45. The lowest BCUT2D eigenvalue weighted by Gasteiger charge is -2.29. The molecule has 7 heteroatoms. The highest BCUT2D eigenvalue weighted by atomic mass is 19.1. The zero-order chi connectivity index (χ0) is 22.7. The zero-order valence-electron chi connectivity index (χ0n) is 17.9. The molecular weight excluding hydrogens is 402 g/mol. The van der Waals surface area contributed by atoms with Gasteiger partial charge >= 0.3 is 0 Å². The molecule has 1 unspecified atom stereocenters. The van der Waals surface area contributed by atoms with E-state index in [1.165, 1.54) is 25.1 Å². The van der Waals surface area contributed by atoms with E-state index in [4.69, 9.17) is 0 Å². The first kappa shape index (κ1) is 23.0. The maximum atomic E-state index is 13.7. The van der Waals surface area contributed by atoms with Gasteiger partial charge in [0.2, 0.25) is 0 Å². The molecule has 0 bridgehead atoms. The maximum absolute atomic E-state index is 13.7. The van der Waals surface area contributed by atoms with Crippen LogP contribution in [0.5, 0.6) is 0 Å². The number of rotatable bonds is 7. The van der Waals surface area contributed by atoms with Crippen LogP contribution in [0.1, 0.15) is 58.5 Å². The van der Waals surface area contributed by atoms with Crippen molar-refractivity contribution in [2.45, 2.75) is 64.3 Å². The van der Waals surface area contributed by atoms with Crippen LogP contribution in [0.25, 0.3) is 0 Å². The number of aliphatic hydroxyl groups is 1. The molecule has 2 aromatic carbocycles. The Labute approximate surface area is 180 Å². The summed E-state index contributed by atoms with van der Waals surface area (Å²) in [6.07, 6.45) is 0.707. The molecule has 0 aliphatic carbocycles. The minimum absolute atomic E-state index is 0.0551. The predicted octanol–water partition coefficient (Wildman–Crippen LogP) is 3.32. The van der Waals surface area contributed by atoms with Crippen molar-refractivity contribution >= 4 is 11.7 Å². The maximum Gasteiger partial charge on any atom is 0.251 e. The van der Waals surface area contributed by atoms with Crippen LogP contribution in [0.4, 0.5) is 8.78 Å². The molecule has 1 aliphatic heterocycles. The number of benzene rings is 2. The van der Waals surface area contributed by atoms with Gasteiger partial charge in [0.25, 0.3) is 5.91 Å². The number of amides is 1. The van der Waals surface area contributed by atoms with Crippen LogP contribution in [0, 0.1) is 18.6 Å². The van der Waals surface area contributed by atoms with Crippen molar-refractivity contribution in [1.82, 2.24) is 10.6 Å². The number of carbonyl (C=O) groups is 2. The van der Waals surface area contributed by atoms with Crippen molar-refractivity contribution < 1.29 is 23.5 Å². The molecule has 2 aromatic rings. The molecule has 31 heavy (non-hydrogen) atoms. The quantitative estimate of drug-likeness (QED) is 0.589. The van der Waals surface area contributed by atoms with Crippen LogP contribution in [0.15, 0.2) is 36.4 Å². The Bertz CT molecular complexity index is 959. The number of aliphatic hydroxyl groups excluding tert-OH is 1. The highest BCUT2D eigenvalue weighted by molar-refractivity contribution is 6.00. The van der Waals surface area contributed by atoms with Gasteiger partial charge in [-0.25, -0.2) is 8.78 Å². The molecule has 1 heterocycles. The topological polar surface area (TPSA) is 78.4 Å². The van der Waals surface area contributed by atoms with E-state index < -0.39 is 29.7 Å². The molecule has 166 valence electrons. The Morgan fingerprint density at radius 2 is 1.74 bits per heavy atom. The number of Topliss-reactive ketones (excluding diaryl/α,β-unsaturated/α-hetero) is 1. The van der Waals surface area contributed by atoms with Crippen LogP contribution in [-0.2, 0) is 6.42 Å². The molecule has 1 aliphatic rings. The van der Waals surface area contributed by atoms with Gasteiger partial charge in [-0.1, -0.05) is 0 Å². The summed E-state index contributed by atoms with van der Waals surface area (Å²) in [5.74, 6) is -2.05. The first-order valence-corrected chi connectivity index (χ1v) is 10.4. The van der Waals surface area contributed by atoms with Crippen molar-refractivity contribution in [2.24, 2.45) is 0 Å². The van der Waals surface area contributed by atoms with Crippen molar-refractivity contribution in [2.75, 3.05) is 0 Å². The summed E-state index contributed by atoms with van der Waals surface area (Å²) in [4.78, 5) is 24.7. The van der Waals surface area contributed by atoms with Crippen molar-refractivity contribution in [1.29, 1.82) is 0 Å². The molecule has 0 aromatic heterocycles. The van der Waals surface area contributed by atoms with E-state index in [2.05, 4.69) is 10.6 Å². The van der Waals surface area contributed by atoms with Gasteiger partial charge in [-0.05, 0) is 81.5 Å². The van der Waals surface area contributed by atoms with Gasteiger partial charge in [0.05, 0.1) is 12.1 Å². The minimum Gasteiger partial charge on any atom is -0.389 e. The van der Waals surface area contributed by atoms with Crippen molar-refractivity contribution in [3.05, 3.63) is 70.3 Å². The Balaban J connectivity index is 1.86. The molecule has 0 spiro atoms. The highest BCUT2D eigenvalue weighted by Gasteiger charge is 2.33. The highest BCUT2D eigenvalue weighted by Crippen LogP contribution is 2.20. The van der Waals surface area contributed by atoms with Crippen molar-refractivity contribution in [3.8, 4) is 0 Å². The molecule has 4 atom stereocenters. The first-order valence-electron chi connectivity index (χ1n) is 10.4. The second kappa shape index (κ2) is 9.66. The summed E-state index contributed by atoms with van der Waals surface area (Å²) >= 11 is 0. The third-order valence-electron chi connectivity index (χ3n) is 5.67. The number of ketones is 1. The fraction of sp³-hybridized carbons (Fsp3) is 0.417. The molecule has 1 amide bonds. The van der Waals surface area contributed by atoms with Crippen molar-refractivity contribution in [3.63, 3.8) is 0 Å². The summed E-state index contributed by atoms with van der Waals surface area (Å²) in [5.41, 5.74) is 1.80. The summed E-state index contributed by atoms with van der Waals surface area (Å²) in [6, 6.07) is 7.24. The summed E-state index contributed by atoms with van der Waals surface area (Å²) in [5, 5.41) is 17.1. The lowest BCUT2D eigenvalue weighted by Crippen LogP contribution is -2.53. The second-order valence-corrected chi connectivity index (χ2v) is 8.45. The Hall–Kier alpha value is -2.64. The number of hydrogen-bond donors (Lipinski definition) is 3. The smallest absolute Gasteiger partial charge is 0.251 e. The van der Waals surface area contributed by atoms with Crippen LogP contribution in [0.3, 0.4) is 0 Å². The van der Waals surface area contributed by atoms with E-state index in [0.717, 1.165) is 24.5 Å². The largest absolute Gasteiger partial charge is 0.389 e. The van der Waals surface area contributed by atoms with Crippen LogP contribution < -0.4 is 10.6 Å². The average molecular weight is 430 g/mol. The summed E-state index contributed by atoms with van der Waals surface area (Å²) in [7, 11) is 0. The summed E-state index contributed by atoms with van der Waals surface area (Å²) in [6.45, 7) is 5.22. The first-order chi connectivity index (χ1) is 14.6.